The van der Waals surface area contributed by atoms with Crippen molar-refractivity contribution in [3.63, 3.8) is 0 Å². The summed E-state index contributed by atoms with van der Waals surface area (Å²) in [6, 6.07) is 0. The quantitative estimate of drug-likeness (QED) is 0.909. The Labute approximate surface area is 116 Å². The van der Waals surface area contributed by atoms with Crippen LogP contribution in [0.5, 0.6) is 0 Å². The zero-order chi connectivity index (χ0) is 13.1. The average molecular weight is 276 g/mol. The van der Waals surface area contributed by atoms with Gasteiger partial charge in [-0.25, -0.2) is 4.98 Å². The standard InChI is InChI=1S/C12H16N6S/c1-18-11(9-3-2-4-13-7-9)16-17-12(18)19-10-8-14-5-6-15-10/h5-6,8-9,13H,2-4,7H2,1H3/t9-/m0/s1. The molecular formula is C12H16N6S. The number of aromatic nitrogens is 5. The van der Waals surface area contributed by atoms with E-state index in [1.54, 1.807) is 18.6 Å². The van der Waals surface area contributed by atoms with Crippen molar-refractivity contribution in [2.45, 2.75) is 28.9 Å². The van der Waals surface area contributed by atoms with E-state index >= 15 is 0 Å². The third kappa shape index (κ3) is 2.76. The summed E-state index contributed by atoms with van der Waals surface area (Å²) in [6.45, 7) is 2.09. The fourth-order valence-electron chi connectivity index (χ4n) is 2.27. The van der Waals surface area contributed by atoms with Crippen molar-refractivity contribution in [1.29, 1.82) is 0 Å². The molecule has 0 bridgehead atoms. The van der Waals surface area contributed by atoms with Crippen LogP contribution < -0.4 is 5.32 Å². The monoisotopic (exact) mass is 276 g/mol. The Morgan fingerprint density at radius 2 is 2.32 bits per heavy atom. The van der Waals surface area contributed by atoms with Gasteiger partial charge in [-0.1, -0.05) is 0 Å². The van der Waals surface area contributed by atoms with E-state index < -0.39 is 0 Å². The van der Waals surface area contributed by atoms with Crippen LogP contribution in [0.15, 0.2) is 28.8 Å². The van der Waals surface area contributed by atoms with Crippen molar-refractivity contribution in [3.8, 4) is 0 Å². The summed E-state index contributed by atoms with van der Waals surface area (Å²) >= 11 is 1.49. The van der Waals surface area contributed by atoms with Gasteiger partial charge in [-0.15, -0.1) is 10.2 Å². The predicted molar refractivity (Wildman–Crippen MR) is 72.0 cm³/mol. The van der Waals surface area contributed by atoms with Crippen molar-refractivity contribution in [3.05, 3.63) is 24.4 Å². The summed E-state index contributed by atoms with van der Waals surface area (Å²) in [7, 11) is 2.02. The topological polar surface area (TPSA) is 68.5 Å². The van der Waals surface area contributed by atoms with E-state index in [1.165, 1.54) is 24.6 Å². The first-order chi connectivity index (χ1) is 9.34. The van der Waals surface area contributed by atoms with Gasteiger partial charge in [-0.3, -0.25) is 4.98 Å². The largest absolute Gasteiger partial charge is 0.316 e. The maximum absolute atomic E-state index is 4.34. The first-order valence-corrected chi connectivity index (χ1v) is 7.20. The van der Waals surface area contributed by atoms with Crippen LogP contribution in [-0.2, 0) is 7.05 Å². The van der Waals surface area contributed by atoms with Crippen LogP contribution in [0.2, 0.25) is 0 Å². The highest BCUT2D eigenvalue weighted by atomic mass is 32.2. The molecule has 0 amide bonds. The molecule has 0 aliphatic carbocycles. The molecule has 0 unspecified atom stereocenters. The third-order valence-corrected chi connectivity index (χ3v) is 4.22. The fourth-order valence-corrected chi connectivity index (χ4v) is 3.00. The molecule has 1 aliphatic heterocycles. The Morgan fingerprint density at radius 3 is 3.05 bits per heavy atom. The molecule has 0 saturated carbocycles. The van der Waals surface area contributed by atoms with Gasteiger partial charge in [0, 0.05) is 31.9 Å². The zero-order valence-electron chi connectivity index (χ0n) is 10.8. The Morgan fingerprint density at radius 1 is 1.37 bits per heavy atom. The molecule has 1 atom stereocenters. The van der Waals surface area contributed by atoms with Gasteiger partial charge < -0.3 is 9.88 Å². The van der Waals surface area contributed by atoms with E-state index in [1.807, 2.05) is 7.05 Å². The molecule has 1 fully saturated rings. The van der Waals surface area contributed by atoms with E-state index in [9.17, 15) is 0 Å². The number of rotatable bonds is 3. The Bertz CT molecular complexity index is 534. The second-order valence-corrected chi connectivity index (χ2v) is 5.58. The molecule has 2 aromatic heterocycles. The van der Waals surface area contributed by atoms with Gasteiger partial charge in [-0.2, -0.15) is 0 Å². The Balaban J connectivity index is 1.78. The molecule has 1 saturated heterocycles. The van der Waals surface area contributed by atoms with E-state index in [-0.39, 0.29) is 0 Å². The first-order valence-electron chi connectivity index (χ1n) is 6.38. The van der Waals surface area contributed by atoms with Crippen LogP contribution >= 0.6 is 11.8 Å². The van der Waals surface area contributed by atoms with Crippen LogP contribution in [0.4, 0.5) is 0 Å². The van der Waals surface area contributed by atoms with Gasteiger partial charge in [0.25, 0.3) is 0 Å². The normalized spacial score (nSPS) is 19.5. The molecular weight excluding hydrogens is 260 g/mol. The van der Waals surface area contributed by atoms with E-state index in [0.29, 0.717) is 5.92 Å². The number of nitrogens with one attached hydrogen (secondary N) is 1. The number of hydrogen-bond donors (Lipinski definition) is 1. The van der Waals surface area contributed by atoms with Crippen LogP contribution in [0.3, 0.4) is 0 Å². The Kier molecular flexibility index (Phi) is 3.74. The highest BCUT2D eigenvalue weighted by Gasteiger charge is 2.21. The minimum atomic E-state index is 0.461. The van der Waals surface area contributed by atoms with E-state index in [0.717, 1.165) is 29.1 Å². The summed E-state index contributed by atoms with van der Waals surface area (Å²) in [4.78, 5) is 8.30. The second-order valence-electron chi connectivity index (χ2n) is 4.59. The van der Waals surface area contributed by atoms with Gasteiger partial charge >= 0.3 is 0 Å². The lowest BCUT2D eigenvalue weighted by Crippen LogP contribution is -2.29. The summed E-state index contributed by atoms with van der Waals surface area (Å²) in [6.07, 6.45) is 7.46. The lowest BCUT2D eigenvalue weighted by atomic mass is 9.99. The minimum Gasteiger partial charge on any atom is -0.316 e. The molecule has 1 N–H and O–H groups in total. The lowest BCUT2D eigenvalue weighted by molar-refractivity contribution is 0.436. The van der Waals surface area contributed by atoms with Crippen molar-refractivity contribution < 1.29 is 0 Å². The Hall–Kier alpha value is -1.47. The van der Waals surface area contributed by atoms with Gasteiger partial charge in [0.15, 0.2) is 5.16 Å². The second kappa shape index (κ2) is 5.66. The zero-order valence-corrected chi connectivity index (χ0v) is 11.6. The molecule has 2 aromatic rings. The first kappa shape index (κ1) is 12.6. The van der Waals surface area contributed by atoms with E-state index in [4.69, 9.17) is 0 Å². The minimum absolute atomic E-state index is 0.461. The molecule has 1 aliphatic rings. The van der Waals surface area contributed by atoms with Crippen molar-refractivity contribution in [1.82, 2.24) is 30.0 Å². The molecule has 7 heteroatoms. The van der Waals surface area contributed by atoms with Gasteiger partial charge in [-0.05, 0) is 31.1 Å². The molecule has 100 valence electrons. The fraction of sp³-hybridized carbons (Fsp3) is 0.500. The third-order valence-electron chi connectivity index (χ3n) is 3.27. The maximum atomic E-state index is 4.34. The van der Waals surface area contributed by atoms with Crippen molar-refractivity contribution in [2.24, 2.45) is 7.05 Å². The van der Waals surface area contributed by atoms with Crippen molar-refractivity contribution in [2.75, 3.05) is 13.1 Å². The number of hydrogen-bond acceptors (Lipinski definition) is 6. The van der Waals surface area contributed by atoms with Gasteiger partial charge in [0.05, 0.1) is 6.20 Å². The number of piperidine rings is 1. The molecule has 0 spiro atoms. The van der Waals surface area contributed by atoms with Gasteiger partial charge in [0.2, 0.25) is 0 Å². The average Bonchev–Trinajstić information content (AvgIpc) is 2.82. The molecule has 19 heavy (non-hydrogen) atoms. The summed E-state index contributed by atoms with van der Waals surface area (Å²) < 4.78 is 2.07. The molecule has 0 aromatic carbocycles. The van der Waals surface area contributed by atoms with Crippen molar-refractivity contribution >= 4 is 11.8 Å². The molecule has 0 radical (unpaired) electrons. The van der Waals surface area contributed by atoms with Crippen LogP contribution in [0.25, 0.3) is 0 Å². The molecule has 3 rings (SSSR count). The summed E-state index contributed by atoms with van der Waals surface area (Å²) in [5, 5.41) is 13.7. The highest BCUT2D eigenvalue weighted by molar-refractivity contribution is 7.99. The highest BCUT2D eigenvalue weighted by Crippen LogP contribution is 2.27. The predicted octanol–water partition coefficient (Wildman–Crippen LogP) is 1.22. The summed E-state index contributed by atoms with van der Waals surface area (Å²) in [5.41, 5.74) is 0. The maximum Gasteiger partial charge on any atom is 0.197 e. The smallest absolute Gasteiger partial charge is 0.197 e. The SMILES string of the molecule is Cn1c(Sc2cnccn2)nnc1[C@H]1CCCNC1. The van der Waals surface area contributed by atoms with Crippen LogP contribution in [0, 0.1) is 0 Å². The van der Waals surface area contributed by atoms with Gasteiger partial charge in [0.1, 0.15) is 10.9 Å². The molecule has 6 nitrogen and oxygen atoms in total. The molecule has 3 heterocycles. The lowest BCUT2D eigenvalue weighted by Gasteiger charge is -2.21. The number of nitrogens with zero attached hydrogens (tertiary/aromatic N) is 5. The van der Waals surface area contributed by atoms with Crippen LogP contribution in [0.1, 0.15) is 24.6 Å². The summed E-state index contributed by atoms with van der Waals surface area (Å²) in [5.74, 6) is 1.51. The van der Waals surface area contributed by atoms with E-state index in [2.05, 4.69) is 30.0 Å². The van der Waals surface area contributed by atoms with Crippen LogP contribution in [-0.4, -0.2) is 37.8 Å².